The quantitative estimate of drug-likeness (QED) is 0.669. The summed E-state index contributed by atoms with van der Waals surface area (Å²) in [4.78, 5) is 22.5. The summed E-state index contributed by atoms with van der Waals surface area (Å²) < 4.78 is 5.72. The number of piperidine rings is 1. The topological polar surface area (TPSA) is 84.1 Å². The number of rotatable bonds is 4. The minimum atomic E-state index is 0.150. The normalized spacial score (nSPS) is 24.2. The molecule has 0 saturated carbocycles. The molecule has 0 aromatic carbocycles. The van der Waals surface area contributed by atoms with E-state index in [0.717, 1.165) is 26.2 Å². The SMILES string of the molecule is CN1CCC(N2C[C@@H](c3cccnc3)[C@H](c3nc(-c4cnccn4)no3)C2)CC1. The molecule has 2 atom stereocenters. The van der Waals surface area contributed by atoms with Gasteiger partial charge in [-0.3, -0.25) is 14.9 Å². The average Bonchev–Trinajstić information content (AvgIpc) is 3.43. The molecule has 8 heteroatoms. The van der Waals surface area contributed by atoms with Crippen LogP contribution in [0, 0.1) is 0 Å². The minimum Gasteiger partial charge on any atom is -0.339 e. The minimum absolute atomic E-state index is 0.150. The summed E-state index contributed by atoms with van der Waals surface area (Å²) in [5.74, 6) is 1.61. The van der Waals surface area contributed by atoms with E-state index in [-0.39, 0.29) is 5.92 Å². The fraction of sp³-hybridized carbons (Fsp3) is 0.476. The van der Waals surface area contributed by atoms with Gasteiger partial charge in [-0.25, -0.2) is 4.98 Å². The van der Waals surface area contributed by atoms with Crippen LogP contribution >= 0.6 is 0 Å². The van der Waals surface area contributed by atoms with E-state index in [0.29, 0.717) is 29.4 Å². The van der Waals surface area contributed by atoms with Crippen LogP contribution in [0.3, 0.4) is 0 Å². The maximum Gasteiger partial charge on any atom is 0.232 e. The highest BCUT2D eigenvalue weighted by molar-refractivity contribution is 5.45. The van der Waals surface area contributed by atoms with Gasteiger partial charge in [0.15, 0.2) is 0 Å². The zero-order valence-electron chi connectivity index (χ0n) is 16.6. The van der Waals surface area contributed by atoms with E-state index in [1.165, 1.54) is 18.4 Å². The largest absolute Gasteiger partial charge is 0.339 e. The van der Waals surface area contributed by atoms with Gasteiger partial charge in [0.25, 0.3) is 0 Å². The third-order valence-electron chi connectivity index (χ3n) is 6.22. The molecular formula is C21H25N7O. The van der Waals surface area contributed by atoms with Crippen molar-refractivity contribution in [1.82, 2.24) is 34.9 Å². The van der Waals surface area contributed by atoms with Gasteiger partial charge in [-0.15, -0.1) is 0 Å². The highest BCUT2D eigenvalue weighted by Gasteiger charge is 2.41. The van der Waals surface area contributed by atoms with Crippen molar-refractivity contribution < 1.29 is 4.52 Å². The van der Waals surface area contributed by atoms with Crippen molar-refractivity contribution >= 4 is 0 Å². The van der Waals surface area contributed by atoms with E-state index < -0.39 is 0 Å². The molecule has 0 radical (unpaired) electrons. The van der Waals surface area contributed by atoms with E-state index in [1.807, 2.05) is 18.5 Å². The molecule has 29 heavy (non-hydrogen) atoms. The Hall–Kier alpha value is -2.71. The Morgan fingerprint density at radius 3 is 2.59 bits per heavy atom. The molecule has 5 heterocycles. The van der Waals surface area contributed by atoms with Crippen molar-refractivity contribution in [3.8, 4) is 11.5 Å². The Bertz CT molecular complexity index is 924. The van der Waals surface area contributed by atoms with Crippen molar-refractivity contribution in [3.05, 3.63) is 54.6 Å². The Morgan fingerprint density at radius 2 is 1.83 bits per heavy atom. The summed E-state index contributed by atoms with van der Waals surface area (Å²) in [7, 11) is 2.20. The van der Waals surface area contributed by atoms with Gasteiger partial charge in [-0.05, 0) is 44.6 Å². The van der Waals surface area contributed by atoms with E-state index in [2.05, 4.69) is 43.0 Å². The third-order valence-corrected chi connectivity index (χ3v) is 6.22. The second kappa shape index (κ2) is 7.96. The summed E-state index contributed by atoms with van der Waals surface area (Å²) >= 11 is 0. The first kappa shape index (κ1) is 18.3. The second-order valence-electron chi connectivity index (χ2n) is 8.03. The lowest BCUT2D eigenvalue weighted by atomic mass is 9.90. The molecule has 2 aliphatic heterocycles. The predicted molar refractivity (Wildman–Crippen MR) is 107 cm³/mol. The first-order valence-corrected chi connectivity index (χ1v) is 10.2. The average molecular weight is 391 g/mol. The van der Waals surface area contributed by atoms with E-state index in [4.69, 9.17) is 9.51 Å². The molecule has 0 unspecified atom stereocenters. The molecule has 0 amide bonds. The van der Waals surface area contributed by atoms with Gasteiger partial charge in [0.2, 0.25) is 11.7 Å². The molecule has 0 aliphatic carbocycles. The first-order valence-electron chi connectivity index (χ1n) is 10.2. The summed E-state index contributed by atoms with van der Waals surface area (Å²) in [5, 5.41) is 4.18. The van der Waals surface area contributed by atoms with Crippen molar-refractivity contribution in [2.45, 2.75) is 30.7 Å². The summed E-state index contributed by atoms with van der Waals surface area (Å²) in [5.41, 5.74) is 1.86. The molecular weight excluding hydrogens is 366 g/mol. The molecule has 3 aromatic heterocycles. The van der Waals surface area contributed by atoms with E-state index in [9.17, 15) is 0 Å². The molecule has 5 rings (SSSR count). The van der Waals surface area contributed by atoms with E-state index >= 15 is 0 Å². The summed E-state index contributed by atoms with van der Waals surface area (Å²) in [6, 6.07) is 4.77. The predicted octanol–water partition coefficient (Wildman–Crippen LogP) is 2.20. The number of hydrogen-bond donors (Lipinski definition) is 0. The molecule has 2 saturated heterocycles. The number of likely N-dealkylation sites (tertiary alicyclic amines) is 2. The Kier molecular flexibility index (Phi) is 5.03. The van der Waals surface area contributed by atoms with Gasteiger partial charge in [0.05, 0.1) is 12.1 Å². The lowest BCUT2D eigenvalue weighted by Gasteiger charge is -2.35. The summed E-state index contributed by atoms with van der Waals surface area (Å²) in [6.45, 7) is 4.23. The number of aromatic nitrogens is 5. The standard InChI is InChI=1S/C21H25N7O/c1-27-9-4-16(5-10-27)28-13-17(15-3-2-6-22-11-15)18(14-28)21-25-20(26-29-21)19-12-23-7-8-24-19/h2-3,6-8,11-12,16-18H,4-5,9-10,13-14H2,1H3/t17-,18+/m0/s1. The van der Waals surface area contributed by atoms with Crippen LogP contribution in [0.5, 0.6) is 0 Å². The van der Waals surface area contributed by atoms with Crippen molar-refractivity contribution in [2.75, 3.05) is 33.2 Å². The van der Waals surface area contributed by atoms with Gasteiger partial charge in [0.1, 0.15) is 5.69 Å². The monoisotopic (exact) mass is 391 g/mol. The Balaban J connectivity index is 1.42. The smallest absolute Gasteiger partial charge is 0.232 e. The maximum atomic E-state index is 5.72. The van der Waals surface area contributed by atoms with Crippen molar-refractivity contribution in [3.63, 3.8) is 0 Å². The number of hydrogen-bond acceptors (Lipinski definition) is 8. The van der Waals surface area contributed by atoms with Crippen LogP contribution in [0.2, 0.25) is 0 Å². The zero-order valence-corrected chi connectivity index (χ0v) is 16.6. The van der Waals surface area contributed by atoms with Crippen LogP contribution < -0.4 is 0 Å². The highest BCUT2D eigenvalue weighted by Crippen LogP contribution is 2.41. The van der Waals surface area contributed by atoms with Crippen LogP contribution in [0.15, 0.2) is 47.6 Å². The van der Waals surface area contributed by atoms with Crippen molar-refractivity contribution in [2.24, 2.45) is 0 Å². The molecule has 150 valence electrons. The van der Waals surface area contributed by atoms with Crippen LogP contribution in [0.25, 0.3) is 11.5 Å². The van der Waals surface area contributed by atoms with Gasteiger partial charge >= 0.3 is 0 Å². The van der Waals surface area contributed by atoms with E-state index in [1.54, 1.807) is 18.6 Å². The van der Waals surface area contributed by atoms with Crippen LogP contribution in [-0.4, -0.2) is 74.2 Å². The van der Waals surface area contributed by atoms with Crippen LogP contribution in [-0.2, 0) is 0 Å². The first-order chi connectivity index (χ1) is 14.3. The zero-order chi connectivity index (χ0) is 19.6. The molecule has 8 nitrogen and oxygen atoms in total. The fourth-order valence-corrected chi connectivity index (χ4v) is 4.58. The highest BCUT2D eigenvalue weighted by atomic mass is 16.5. The van der Waals surface area contributed by atoms with Crippen LogP contribution in [0.1, 0.15) is 36.1 Å². The fourth-order valence-electron chi connectivity index (χ4n) is 4.58. The molecule has 2 fully saturated rings. The van der Waals surface area contributed by atoms with Crippen LogP contribution in [0.4, 0.5) is 0 Å². The molecule has 0 spiro atoms. The van der Waals surface area contributed by atoms with Gasteiger partial charge in [0, 0.05) is 49.8 Å². The number of pyridine rings is 1. The lowest BCUT2D eigenvalue weighted by Crippen LogP contribution is -2.42. The molecule has 0 bridgehead atoms. The molecule has 3 aromatic rings. The Morgan fingerprint density at radius 1 is 1.00 bits per heavy atom. The lowest BCUT2D eigenvalue weighted by molar-refractivity contribution is 0.140. The number of nitrogens with zero attached hydrogens (tertiary/aromatic N) is 7. The van der Waals surface area contributed by atoms with Crippen molar-refractivity contribution in [1.29, 1.82) is 0 Å². The maximum absolute atomic E-state index is 5.72. The molecule has 0 N–H and O–H groups in total. The third kappa shape index (κ3) is 3.77. The second-order valence-corrected chi connectivity index (χ2v) is 8.03. The summed E-state index contributed by atoms with van der Waals surface area (Å²) in [6.07, 6.45) is 11.1. The van der Waals surface area contributed by atoms with Gasteiger partial charge < -0.3 is 9.42 Å². The Labute approximate surface area is 170 Å². The van der Waals surface area contributed by atoms with Gasteiger partial charge in [-0.2, -0.15) is 4.98 Å². The van der Waals surface area contributed by atoms with Gasteiger partial charge in [-0.1, -0.05) is 11.2 Å². The molecule has 2 aliphatic rings.